The molecular weight excluding hydrogens is 318 g/mol. The number of anilines is 1. The third kappa shape index (κ3) is 5.53. The Morgan fingerprint density at radius 2 is 1.64 bits per heavy atom. The molecule has 0 saturated heterocycles. The Morgan fingerprint density at radius 3 is 2.20 bits per heavy atom. The van der Waals surface area contributed by atoms with Gasteiger partial charge in [-0.2, -0.15) is 0 Å². The van der Waals surface area contributed by atoms with Crippen molar-refractivity contribution < 1.29 is 14.7 Å². The fraction of sp³-hybridized carbons (Fsp3) is 0.263. The van der Waals surface area contributed by atoms with Gasteiger partial charge in [0, 0.05) is 32.9 Å². The summed E-state index contributed by atoms with van der Waals surface area (Å²) < 4.78 is 0. The van der Waals surface area contributed by atoms with E-state index in [-0.39, 0.29) is 12.5 Å². The molecule has 0 bridgehead atoms. The third-order valence-electron chi connectivity index (χ3n) is 3.90. The van der Waals surface area contributed by atoms with Crippen molar-refractivity contribution in [2.45, 2.75) is 12.5 Å². The molecule has 0 aliphatic carbocycles. The molecule has 6 heteroatoms. The number of amides is 2. The zero-order chi connectivity index (χ0) is 18.2. The van der Waals surface area contributed by atoms with E-state index in [9.17, 15) is 9.59 Å². The summed E-state index contributed by atoms with van der Waals surface area (Å²) in [6.45, 7) is 0.424. The summed E-state index contributed by atoms with van der Waals surface area (Å²) in [7, 11) is 3.94. The maximum atomic E-state index is 12.6. The van der Waals surface area contributed by atoms with E-state index >= 15 is 0 Å². The molecule has 3 N–H and O–H groups in total. The van der Waals surface area contributed by atoms with Crippen LogP contribution >= 0.6 is 0 Å². The van der Waals surface area contributed by atoms with E-state index in [0.717, 1.165) is 16.8 Å². The van der Waals surface area contributed by atoms with Crippen LogP contribution < -0.4 is 15.5 Å². The van der Waals surface area contributed by atoms with Crippen LogP contribution in [0, 0.1) is 0 Å². The number of carbonyl (C=O) groups excluding carboxylic acids is 1. The Morgan fingerprint density at radius 1 is 1.00 bits per heavy atom. The standard InChI is InChI=1S/C19H23N3O3/c1-22(2)16-10-8-14(9-11-16)12-20-18(23)17(13-21-19(24)25)15-6-4-3-5-7-15/h3-11,17,21H,12-13H2,1-2H3,(H,20,23)(H,24,25)/t17-/m1/s1. The first-order chi connectivity index (χ1) is 12.0. The molecule has 2 amide bonds. The van der Waals surface area contributed by atoms with Crippen LogP contribution in [0.1, 0.15) is 17.0 Å². The average Bonchev–Trinajstić information content (AvgIpc) is 2.61. The van der Waals surface area contributed by atoms with Gasteiger partial charge in [-0.05, 0) is 23.3 Å². The van der Waals surface area contributed by atoms with Gasteiger partial charge in [0.2, 0.25) is 5.91 Å². The zero-order valence-corrected chi connectivity index (χ0v) is 14.4. The van der Waals surface area contributed by atoms with Crippen LogP contribution in [-0.4, -0.2) is 37.7 Å². The predicted octanol–water partition coefficient (Wildman–Crippen LogP) is 2.42. The van der Waals surface area contributed by atoms with Crippen LogP contribution in [0.5, 0.6) is 0 Å². The SMILES string of the molecule is CN(C)c1ccc(CNC(=O)[C@H](CNC(=O)O)c2ccccc2)cc1. The Hall–Kier alpha value is -3.02. The normalized spacial score (nSPS) is 11.4. The molecule has 0 aliphatic rings. The van der Waals surface area contributed by atoms with Gasteiger partial charge in [0.05, 0.1) is 5.92 Å². The van der Waals surface area contributed by atoms with Gasteiger partial charge in [0.25, 0.3) is 0 Å². The minimum atomic E-state index is -1.15. The Bertz CT molecular complexity index is 700. The lowest BCUT2D eigenvalue weighted by molar-refractivity contribution is -0.122. The molecule has 2 rings (SSSR count). The van der Waals surface area contributed by atoms with Gasteiger partial charge in [-0.3, -0.25) is 4.79 Å². The Balaban J connectivity index is 2.02. The molecule has 0 spiro atoms. The molecule has 0 unspecified atom stereocenters. The molecule has 0 aromatic heterocycles. The van der Waals surface area contributed by atoms with Crippen LogP contribution in [0.15, 0.2) is 54.6 Å². The second-order valence-corrected chi connectivity index (χ2v) is 5.93. The van der Waals surface area contributed by atoms with Crippen LogP contribution in [0.3, 0.4) is 0 Å². The monoisotopic (exact) mass is 341 g/mol. The highest BCUT2D eigenvalue weighted by molar-refractivity contribution is 5.84. The fourth-order valence-corrected chi connectivity index (χ4v) is 2.46. The summed E-state index contributed by atoms with van der Waals surface area (Å²) >= 11 is 0. The number of carboxylic acid groups (broad SMARTS) is 1. The van der Waals surface area contributed by atoms with E-state index in [1.165, 1.54) is 0 Å². The molecule has 0 aliphatic heterocycles. The highest BCUT2D eigenvalue weighted by Gasteiger charge is 2.21. The number of nitrogens with zero attached hydrogens (tertiary/aromatic N) is 1. The quantitative estimate of drug-likeness (QED) is 0.722. The van der Waals surface area contributed by atoms with E-state index < -0.39 is 12.0 Å². The first kappa shape index (κ1) is 18.3. The molecule has 0 radical (unpaired) electrons. The molecule has 1 atom stereocenters. The van der Waals surface area contributed by atoms with E-state index in [4.69, 9.17) is 5.11 Å². The summed E-state index contributed by atoms with van der Waals surface area (Å²) in [6, 6.07) is 17.1. The van der Waals surface area contributed by atoms with E-state index in [1.807, 2.05) is 73.6 Å². The van der Waals surface area contributed by atoms with Gasteiger partial charge in [-0.25, -0.2) is 4.79 Å². The van der Waals surface area contributed by atoms with Crippen LogP contribution in [0.4, 0.5) is 10.5 Å². The van der Waals surface area contributed by atoms with Crippen molar-refractivity contribution in [3.05, 3.63) is 65.7 Å². The lowest BCUT2D eigenvalue weighted by Gasteiger charge is -2.17. The second-order valence-electron chi connectivity index (χ2n) is 5.93. The van der Waals surface area contributed by atoms with Crippen molar-refractivity contribution in [1.82, 2.24) is 10.6 Å². The minimum absolute atomic E-state index is 0.0325. The molecular formula is C19H23N3O3. The van der Waals surface area contributed by atoms with Gasteiger partial charge in [0.15, 0.2) is 0 Å². The first-order valence-electron chi connectivity index (χ1n) is 8.03. The predicted molar refractivity (Wildman–Crippen MR) is 97.8 cm³/mol. The fourth-order valence-electron chi connectivity index (χ4n) is 2.46. The van der Waals surface area contributed by atoms with Gasteiger partial charge >= 0.3 is 6.09 Å². The van der Waals surface area contributed by atoms with Crippen LogP contribution in [0.2, 0.25) is 0 Å². The van der Waals surface area contributed by atoms with Crippen LogP contribution in [-0.2, 0) is 11.3 Å². The van der Waals surface area contributed by atoms with Crippen molar-refractivity contribution in [2.75, 3.05) is 25.5 Å². The van der Waals surface area contributed by atoms with Gasteiger partial charge in [-0.15, -0.1) is 0 Å². The van der Waals surface area contributed by atoms with Gasteiger partial charge < -0.3 is 20.6 Å². The molecule has 0 saturated carbocycles. The summed E-state index contributed by atoms with van der Waals surface area (Å²) in [5.41, 5.74) is 2.84. The highest BCUT2D eigenvalue weighted by Crippen LogP contribution is 2.16. The van der Waals surface area contributed by atoms with E-state index in [0.29, 0.717) is 6.54 Å². The molecule has 2 aromatic carbocycles. The van der Waals surface area contributed by atoms with Crippen molar-refractivity contribution in [1.29, 1.82) is 0 Å². The lowest BCUT2D eigenvalue weighted by atomic mass is 9.98. The molecule has 2 aromatic rings. The molecule has 0 heterocycles. The molecule has 25 heavy (non-hydrogen) atoms. The third-order valence-corrected chi connectivity index (χ3v) is 3.90. The second kappa shape index (κ2) is 8.73. The number of hydrogen-bond acceptors (Lipinski definition) is 3. The number of nitrogens with one attached hydrogen (secondary N) is 2. The summed E-state index contributed by atoms with van der Waals surface area (Å²) in [5, 5.41) is 14.0. The highest BCUT2D eigenvalue weighted by atomic mass is 16.4. The molecule has 6 nitrogen and oxygen atoms in total. The zero-order valence-electron chi connectivity index (χ0n) is 14.4. The number of rotatable bonds is 7. The summed E-state index contributed by atoms with van der Waals surface area (Å²) in [5.74, 6) is -0.782. The largest absolute Gasteiger partial charge is 0.465 e. The summed E-state index contributed by atoms with van der Waals surface area (Å²) in [6.07, 6.45) is -1.15. The van der Waals surface area contributed by atoms with Gasteiger partial charge in [0.1, 0.15) is 0 Å². The lowest BCUT2D eigenvalue weighted by Crippen LogP contribution is -2.36. The average molecular weight is 341 g/mol. The van der Waals surface area contributed by atoms with Crippen molar-refractivity contribution in [2.24, 2.45) is 0 Å². The maximum absolute atomic E-state index is 12.6. The molecule has 132 valence electrons. The summed E-state index contributed by atoms with van der Waals surface area (Å²) in [4.78, 5) is 25.3. The smallest absolute Gasteiger partial charge is 0.404 e. The number of benzene rings is 2. The van der Waals surface area contributed by atoms with Crippen molar-refractivity contribution in [3.63, 3.8) is 0 Å². The maximum Gasteiger partial charge on any atom is 0.404 e. The Labute approximate surface area is 147 Å². The number of carbonyl (C=O) groups is 2. The minimum Gasteiger partial charge on any atom is -0.465 e. The van der Waals surface area contributed by atoms with Crippen molar-refractivity contribution in [3.8, 4) is 0 Å². The van der Waals surface area contributed by atoms with E-state index in [1.54, 1.807) is 0 Å². The number of hydrogen-bond donors (Lipinski definition) is 3. The van der Waals surface area contributed by atoms with E-state index in [2.05, 4.69) is 10.6 Å². The first-order valence-corrected chi connectivity index (χ1v) is 8.03. The van der Waals surface area contributed by atoms with Gasteiger partial charge in [-0.1, -0.05) is 42.5 Å². The van der Waals surface area contributed by atoms with Crippen LogP contribution in [0.25, 0.3) is 0 Å². The topological polar surface area (TPSA) is 81.7 Å². The van der Waals surface area contributed by atoms with Crippen molar-refractivity contribution >= 4 is 17.7 Å². The Kier molecular flexibility index (Phi) is 6.39. The molecule has 0 fully saturated rings.